The van der Waals surface area contributed by atoms with Crippen LogP contribution in [0.5, 0.6) is 0 Å². The second-order valence-electron chi connectivity index (χ2n) is 8.11. The maximum absolute atomic E-state index is 11.4. The highest BCUT2D eigenvalue weighted by Crippen LogP contribution is 2.34. The van der Waals surface area contributed by atoms with Gasteiger partial charge in [-0.15, -0.1) is 0 Å². The SMILES string of the molecule is CC(C)c1ccccc1-c1ccc(Nc2ccc(Nc3ccccc3C(=O)O)cc2)c(Cl)c1. The van der Waals surface area contributed by atoms with E-state index < -0.39 is 5.97 Å². The lowest BCUT2D eigenvalue weighted by Crippen LogP contribution is -2.02. The van der Waals surface area contributed by atoms with Gasteiger partial charge in [-0.25, -0.2) is 4.79 Å². The summed E-state index contributed by atoms with van der Waals surface area (Å²) < 4.78 is 0. The Morgan fingerprint density at radius 1 is 0.788 bits per heavy atom. The topological polar surface area (TPSA) is 61.4 Å². The Kier molecular flexibility index (Phi) is 6.66. The van der Waals surface area contributed by atoms with Crippen molar-refractivity contribution < 1.29 is 9.90 Å². The van der Waals surface area contributed by atoms with Crippen LogP contribution in [0.15, 0.2) is 91.0 Å². The number of rotatable bonds is 7. The highest BCUT2D eigenvalue weighted by molar-refractivity contribution is 6.33. The monoisotopic (exact) mass is 456 g/mol. The quantitative estimate of drug-likeness (QED) is 0.261. The summed E-state index contributed by atoms with van der Waals surface area (Å²) in [6.07, 6.45) is 0. The van der Waals surface area contributed by atoms with Crippen molar-refractivity contribution in [3.05, 3.63) is 107 Å². The summed E-state index contributed by atoms with van der Waals surface area (Å²) in [6.45, 7) is 4.38. The molecule has 33 heavy (non-hydrogen) atoms. The van der Waals surface area contributed by atoms with E-state index >= 15 is 0 Å². The molecule has 5 heteroatoms. The summed E-state index contributed by atoms with van der Waals surface area (Å²) in [7, 11) is 0. The molecule has 0 spiro atoms. The molecule has 0 saturated heterocycles. The maximum Gasteiger partial charge on any atom is 0.337 e. The molecule has 4 aromatic carbocycles. The van der Waals surface area contributed by atoms with Crippen LogP contribution >= 0.6 is 11.6 Å². The number of hydrogen-bond acceptors (Lipinski definition) is 3. The minimum absolute atomic E-state index is 0.227. The Balaban J connectivity index is 1.51. The maximum atomic E-state index is 11.4. The van der Waals surface area contributed by atoms with E-state index in [0.717, 1.165) is 22.6 Å². The fourth-order valence-corrected chi connectivity index (χ4v) is 4.00. The largest absolute Gasteiger partial charge is 0.478 e. The normalized spacial score (nSPS) is 10.8. The number of para-hydroxylation sites is 1. The number of halogens is 1. The van der Waals surface area contributed by atoms with Crippen LogP contribution in [0.1, 0.15) is 35.7 Å². The highest BCUT2D eigenvalue weighted by Gasteiger charge is 2.11. The molecule has 0 radical (unpaired) electrons. The first-order valence-corrected chi connectivity index (χ1v) is 11.2. The molecule has 4 aromatic rings. The number of carboxylic acid groups (broad SMARTS) is 1. The summed E-state index contributed by atoms with van der Waals surface area (Å²) in [6, 6.07) is 28.9. The summed E-state index contributed by atoms with van der Waals surface area (Å²) in [4.78, 5) is 11.4. The molecule has 0 saturated carbocycles. The third kappa shape index (κ3) is 5.18. The summed E-state index contributed by atoms with van der Waals surface area (Å²) in [5, 5.41) is 16.5. The van der Waals surface area contributed by atoms with Gasteiger partial charge in [0.05, 0.1) is 22.0 Å². The Morgan fingerprint density at radius 3 is 2.03 bits per heavy atom. The van der Waals surface area contributed by atoms with E-state index in [-0.39, 0.29) is 5.56 Å². The van der Waals surface area contributed by atoms with E-state index in [1.807, 2.05) is 42.5 Å². The molecule has 4 nitrogen and oxygen atoms in total. The zero-order chi connectivity index (χ0) is 23.4. The number of anilines is 4. The van der Waals surface area contributed by atoms with Gasteiger partial charge in [-0.2, -0.15) is 0 Å². The van der Waals surface area contributed by atoms with Gasteiger partial charge >= 0.3 is 5.97 Å². The fourth-order valence-electron chi connectivity index (χ4n) is 3.77. The van der Waals surface area contributed by atoms with Gasteiger partial charge in [0, 0.05) is 11.4 Å². The van der Waals surface area contributed by atoms with E-state index in [2.05, 4.69) is 48.7 Å². The Bertz CT molecular complexity index is 1280. The predicted octanol–water partition coefficient (Wildman–Crippen LogP) is 8.32. The lowest BCUT2D eigenvalue weighted by Gasteiger charge is -2.15. The Labute approximate surface area is 198 Å². The van der Waals surface area contributed by atoms with Crippen molar-refractivity contribution in [2.45, 2.75) is 19.8 Å². The second kappa shape index (κ2) is 9.80. The van der Waals surface area contributed by atoms with Crippen molar-refractivity contribution in [1.29, 1.82) is 0 Å². The molecule has 0 aromatic heterocycles. The third-order valence-corrected chi connectivity index (χ3v) is 5.78. The first-order chi connectivity index (χ1) is 15.9. The Hall–Kier alpha value is -3.76. The van der Waals surface area contributed by atoms with Gasteiger partial charge < -0.3 is 15.7 Å². The van der Waals surface area contributed by atoms with Crippen LogP contribution < -0.4 is 10.6 Å². The molecule has 0 heterocycles. The van der Waals surface area contributed by atoms with Crippen molar-refractivity contribution in [3.8, 4) is 11.1 Å². The Morgan fingerprint density at radius 2 is 1.39 bits per heavy atom. The number of hydrogen-bond donors (Lipinski definition) is 3. The first-order valence-electron chi connectivity index (χ1n) is 10.8. The van der Waals surface area contributed by atoms with Gasteiger partial charge in [-0.1, -0.05) is 67.9 Å². The number of benzene rings is 4. The summed E-state index contributed by atoms with van der Waals surface area (Å²) >= 11 is 6.62. The van der Waals surface area contributed by atoms with E-state index in [1.165, 1.54) is 11.1 Å². The highest BCUT2D eigenvalue weighted by atomic mass is 35.5. The average Bonchev–Trinajstić information content (AvgIpc) is 2.82. The molecule has 4 rings (SSSR count). The van der Waals surface area contributed by atoms with Crippen molar-refractivity contribution in [1.82, 2.24) is 0 Å². The molecule has 0 amide bonds. The van der Waals surface area contributed by atoms with Crippen LogP contribution in [0.2, 0.25) is 5.02 Å². The van der Waals surface area contributed by atoms with Gasteiger partial charge in [0.1, 0.15) is 0 Å². The molecule has 166 valence electrons. The lowest BCUT2D eigenvalue weighted by molar-refractivity contribution is 0.0698. The van der Waals surface area contributed by atoms with Crippen LogP contribution in [0.25, 0.3) is 11.1 Å². The molecular weight excluding hydrogens is 432 g/mol. The molecule has 0 unspecified atom stereocenters. The second-order valence-corrected chi connectivity index (χ2v) is 8.52. The summed E-state index contributed by atoms with van der Waals surface area (Å²) in [5.41, 5.74) is 6.84. The number of aromatic carboxylic acids is 1. The number of carboxylic acids is 1. The predicted molar refractivity (Wildman–Crippen MR) is 137 cm³/mol. The van der Waals surface area contributed by atoms with Gasteiger partial charge in [0.25, 0.3) is 0 Å². The molecule has 0 aliphatic rings. The third-order valence-electron chi connectivity index (χ3n) is 5.46. The van der Waals surface area contributed by atoms with Crippen molar-refractivity contribution in [2.75, 3.05) is 10.6 Å². The van der Waals surface area contributed by atoms with Crippen LogP contribution in [-0.2, 0) is 0 Å². The van der Waals surface area contributed by atoms with Crippen molar-refractivity contribution in [2.24, 2.45) is 0 Å². The molecule has 3 N–H and O–H groups in total. The fraction of sp³-hybridized carbons (Fsp3) is 0.107. The lowest BCUT2D eigenvalue weighted by atomic mass is 9.92. The zero-order valence-electron chi connectivity index (χ0n) is 18.5. The molecule has 0 bridgehead atoms. The standard InChI is InChI=1S/C28H25ClN2O2/c1-18(2)22-7-3-4-8-23(22)19-11-16-27(25(29)17-19)31-21-14-12-20(13-15-21)30-26-10-6-5-9-24(26)28(32)33/h3-18,30-31H,1-2H3,(H,32,33). The van der Waals surface area contributed by atoms with E-state index in [9.17, 15) is 9.90 Å². The van der Waals surface area contributed by atoms with Gasteiger partial charge in [0.2, 0.25) is 0 Å². The number of nitrogens with one attached hydrogen (secondary N) is 2. The van der Waals surface area contributed by atoms with Gasteiger partial charge in [-0.05, 0) is 71.1 Å². The zero-order valence-corrected chi connectivity index (χ0v) is 19.2. The first kappa shape index (κ1) is 22.4. The van der Waals surface area contributed by atoms with Crippen LogP contribution in [0.4, 0.5) is 22.7 Å². The number of carbonyl (C=O) groups is 1. The smallest absolute Gasteiger partial charge is 0.337 e. The van der Waals surface area contributed by atoms with Crippen LogP contribution in [0, 0.1) is 0 Å². The minimum Gasteiger partial charge on any atom is -0.478 e. The van der Waals surface area contributed by atoms with Gasteiger partial charge in [-0.3, -0.25) is 0 Å². The van der Waals surface area contributed by atoms with Crippen LogP contribution in [-0.4, -0.2) is 11.1 Å². The minimum atomic E-state index is -0.967. The van der Waals surface area contributed by atoms with Crippen molar-refractivity contribution in [3.63, 3.8) is 0 Å². The van der Waals surface area contributed by atoms with Crippen LogP contribution in [0.3, 0.4) is 0 Å². The molecular formula is C28H25ClN2O2. The van der Waals surface area contributed by atoms with Gasteiger partial charge in [0.15, 0.2) is 0 Å². The molecule has 0 aliphatic heterocycles. The molecule has 0 fully saturated rings. The van der Waals surface area contributed by atoms with E-state index in [0.29, 0.717) is 16.6 Å². The molecule has 0 aliphatic carbocycles. The molecule has 0 atom stereocenters. The average molecular weight is 457 g/mol. The van der Waals surface area contributed by atoms with E-state index in [4.69, 9.17) is 11.6 Å². The van der Waals surface area contributed by atoms with E-state index in [1.54, 1.807) is 24.3 Å². The summed E-state index contributed by atoms with van der Waals surface area (Å²) in [5.74, 6) is -0.544. The van der Waals surface area contributed by atoms with Crippen molar-refractivity contribution >= 4 is 40.3 Å².